The Kier molecular flexibility index (Phi) is 15.5. The first-order chi connectivity index (χ1) is 17.5. The minimum atomic E-state index is -1.37. The molecule has 11 nitrogen and oxygen atoms in total. The molecule has 0 bridgehead atoms. The van der Waals surface area contributed by atoms with Crippen molar-refractivity contribution in [2.45, 2.75) is 129 Å². The van der Waals surface area contributed by atoms with Crippen molar-refractivity contribution < 1.29 is 47.7 Å². The highest BCUT2D eigenvalue weighted by molar-refractivity contribution is 5.76. The second kappa shape index (κ2) is 17.7. The van der Waals surface area contributed by atoms with Crippen LogP contribution in [-0.2, 0) is 47.7 Å². The van der Waals surface area contributed by atoms with Gasteiger partial charge in [0, 0.05) is 34.1 Å². The summed E-state index contributed by atoms with van der Waals surface area (Å²) < 4.78 is 26.8. The second-order valence-electron chi connectivity index (χ2n) is 9.27. The first-order valence-corrected chi connectivity index (χ1v) is 13.1. The van der Waals surface area contributed by atoms with Gasteiger partial charge in [0.15, 0.2) is 12.2 Å². The Morgan fingerprint density at radius 1 is 0.676 bits per heavy atom. The smallest absolute Gasteiger partial charge is 0.305 e. The number of unbranched alkanes of at least 4 members (excludes halogenated alkanes) is 8. The van der Waals surface area contributed by atoms with E-state index in [0.29, 0.717) is 6.42 Å². The summed E-state index contributed by atoms with van der Waals surface area (Å²) in [5.41, 5.74) is 0. The van der Waals surface area contributed by atoms with Crippen molar-refractivity contribution in [1.29, 1.82) is 0 Å². The first-order valence-electron chi connectivity index (χ1n) is 13.1. The summed E-state index contributed by atoms with van der Waals surface area (Å²) in [7, 11) is 0. The van der Waals surface area contributed by atoms with Gasteiger partial charge in [0.1, 0.15) is 18.8 Å². The summed E-state index contributed by atoms with van der Waals surface area (Å²) in [5, 5.41) is 2.73. The molecule has 1 amide bonds. The summed E-state index contributed by atoms with van der Waals surface area (Å²) in [6.07, 6.45) is 5.08. The molecule has 1 rings (SSSR count). The molecule has 0 saturated carbocycles. The molecule has 11 heteroatoms. The van der Waals surface area contributed by atoms with E-state index in [1.54, 1.807) is 0 Å². The van der Waals surface area contributed by atoms with Crippen molar-refractivity contribution in [2.75, 3.05) is 6.61 Å². The predicted octanol–water partition coefficient (Wildman–Crippen LogP) is 3.11. The van der Waals surface area contributed by atoms with Gasteiger partial charge in [0.2, 0.25) is 12.2 Å². The van der Waals surface area contributed by atoms with E-state index in [-0.39, 0.29) is 18.9 Å². The third kappa shape index (κ3) is 13.4. The molecule has 1 aliphatic heterocycles. The largest absolute Gasteiger partial charge is 0.463 e. The van der Waals surface area contributed by atoms with Crippen LogP contribution >= 0.6 is 0 Å². The van der Waals surface area contributed by atoms with Gasteiger partial charge in [-0.25, -0.2) is 0 Å². The average molecular weight is 530 g/mol. The van der Waals surface area contributed by atoms with Crippen LogP contribution in [0.2, 0.25) is 0 Å². The quantitative estimate of drug-likeness (QED) is 0.180. The van der Waals surface area contributed by atoms with Gasteiger partial charge in [-0.3, -0.25) is 24.0 Å². The number of esters is 4. The van der Waals surface area contributed by atoms with E-state index >= 15 is 0 Å². The average Bonchev–Trinajstić information content (AvgIpc) is 2.79. The van der Waals surface area contributed by atoms with Gasteiger partial charge in [-0.05, 0) is 6.42 Å². The Hall–Kier alpha value is -2.69. The molecule has 37 heavy (non-hydrogen) atoms. The van der Waals surface area contributed by atoms with E-state index in [1.165, 1.54) is 39.0 Å². The number of nitrogens with one attached hydrogen (secondary N) is 1. The van der Waals surface area contributed by atoms with Crippen LogP contribution in [0.1, 0.15) is 98.8 Å². The normalized spacial score (nSPS) is 23.0. The van der Waals surface area contributed by atoms with Crippen molar-refractivity contribution in [3.05, 3.63) is 0 Å². The van der Waals surface area contributed by atoms with Gasteiger partial charge in [-0.1, -0.05) is 58.3 Å². The summed E-state index contributed by atoms with van der Waals surface area (Å²) in [5.74, 6) is -3.10. The van der Waals surface area contributed by atoms with Gasteiger partial charge < -0.3 is 29.0 Å². The number of carbonyl (C=O) groups is 5. The summed E-state index contributed by atoms with van der Waals surface area (Å²) >= 11 is 0. The molecule has 0 aromatic heterocycles. The lowest BCUT2D eigenvalue weighted by atomic mass is 9.95. The molecule has 1 heterocycles. The van der Waals surface area contributed by atoms with E-state index < -0.39 is 54.5 Å². The van der Waals surface area contributed by atoms with Crippen molar-refractivity contribution >= 4 is 29.8 Å². The minimum Gasteiger partial charge on any atom is -0.463 e. The Bertz CT molecular complexity index is 756. The highest BCUT2D eigenvalue weighted by Gasteiger charge is 2.52. The lowest BCUT2D eigenvalue weighted by molar-refractivity contribution is -0.271. The maximum atomic E-state index is 12.8. The molecule has 5 atom stereocenters. The number of hydrogen-bond acceptors (Lipinski definition) is 10. The molecule has 1 fully saturated rings. The lowest BCUT2D eigenvalue weighted by Crippen LogP contribution is -2.67. The number of carbonyl (C=O) groups excluding carboxylic acids is 5. The van der Waals surface area contributed by atoms with E-state index in [4.69, 9.17) is 23.7 Å². The van der Waals surface area contributed by atoms with Gasteiger partial charge in [0.05, 0.1) is 0 Å². The maximum absolute atomic E-state index is 12.8. The first kappa shape index (κ1) is 32.3. The van der Waals surface area contributed by atoms with Crippen LogP contribution in [0, 0.1) is 0 Å². The van der Waals surface area contributed by atoms with Gasteiger partial charge in [-0.15, -0.1) is 0 Å². The standard InChI is InChI=1S/C26H43NO10/c1-6-7-8-9-10-11-12-13-14-15-22(32)27-23-25(35-19(4)30)24(34-18(3)29)21(16-33-17(2)28)37-26(23)36-20(5)31/h21,23-26H,6-16H2,1-5H3,(H,27,32). The fourth-order valence-electron chi connectivity index (χ4n) is 4.17. The Morgan fingerprint density at radius 2 is 1.19 bits per heavy atom. The van der Waals surface area contributed by atoms with Crippen molar-refractivity contribution in [3.8, 4) is 0 Å². The molecule has 1 saturated heterocycles. The molecular formula is C26H43NO10. The van der Waals surface area contributed by atoms with E-state index in [2.05, 4.69) is 12.2 Å². The highest BCUT2D eigenvalue weighted by atomic mass is 16.7. The van der Waals surface area contributed by atoms with E-state index in [0.717, 1.165) is 40.0 Å². The fraction of sp³-hybridized carbons (Fsp3) is 0.808. The molecule has 0 aromatic carbocycles. The molecule has 1 aliphatic rings. The molecule has 0 spiro atoms. The third-order valence-electron chi connectivity index (χ3n) is 5.82. The Balaban J connectivity index is 2.89. The van der Waals surface area contributed by atoms with Gasteiger partial charge in [-0.2, -0.15) is 0 Å². The lowest BCUT2D eigenvalue weighted by Gasteiger charge is -2.44. The van der Waals surface area contributed by atoms with Crippen LogP contribution in [0.5, 0.6) is 0 Å². The summed E-state index contributed by atoms with van der Waals surface area (Å²) in [4.78, 5) is 59.6. The molecule has 0 radical (unpaired) electrons. The van der Waals surface area contributed by atoms with Crippen molar-refractivity contribution in [1.82, 2.24) is 5.32 Å². The van der Waals surface area contributed by atoms with Crippen LogP contribution in [0.25, 0.3) is 0 Å². The molecule has 0 aliphatic carbocycles. The van der Waals surface area contributed by atoms with Crippen LogP contribution in [0.3, 0.4) is 0 Å². The van der Waals surface area contributed by atoms with Crippen LogP contribution in [-0.4, -0.2) is 67.0 Å². The van der Waals surface area contributed by atoms with Crippen molar-refractivity contribution in [3.63, 3.8) is 0 Å². The minimum absolute atomic E-state index is 0.209. The predicted molar refractivity (Wildman–Crippen MR) is 132 cm³/mol. The number of ether oxygens (including phenoxy) is 5. The van der Waals surface area contributed by atoms with Gasteiger partial charge in [0.25, 0.3) is 0 Å². The Morgan fingerprint density at radius 3 is 1.70 bits per heavy atom. The molecule has 1 N–H and O–H groups in total. The number of amides is 1. The second-order valence-corrected chi connectivity index (χ2v) is 9.27. The zero-order valence-corrected chi connectivity index (χ0v) is 22.7. The topological polar surface area (TPSA) is 144 Å². The van der Waals surface area contributed by atoms with Crippen LogP contribution in [0.15, 0.2) is 0 Å². The maximum Gasteiger partial charge on any atom is 0.305 e. The highest BCUT2D eigenvalue weighted by Crippen LogP contribution is 2.28. The van der Waals surface area contributed by atoms with Crippen LogP contribution < -0.4 is 5.32 Å². The molecular weight excluding hydrogens is 486 g/mol. The monoisotopic (exact) mass is 529 g/mol. The van der Waals surface area contributed by atoms with E-state index in [1.807, 2.05) is 0 Å². The van der Waals surface area contributed by atoms with Gasteiger partial charge >= 0.3 is 23.9 Å². The molecule has 0 aromatic rings. The molecule has 5 unspecified atom stereocenters. The Labute approximate surface area is 219 Å². The van der Waals surface area contributed by atoms with Crippen molar-refractivity contribution in [2.24, 2.45) is 0 Å². The van der Waals surface area contributed by atoms with E-state index in [9.17, 15) is 24.0 Å². The zero-order valence-electron chi connectivity index (χ0n) is 22.7. The SMILES string of the molecule is CCCCCCCCCCCC(=O)NC1C(OC(C)=O)OC(COC(C)=O)C(OC(C)=O)C1OC(C)=O. The third-order valence-corrected chi connectivity index (χ3v) is 5.82. The zero-order chi connectivity index (χ0) is 27.8. The number of hydrogen-bond donors (Lipinski definition) is 1. The fourth-order valence-corrected chi connectivity index (χ4v) is 4.17. The summed E-state index contributed by atoms with van der Waals surface area (Å²) in [6, 6.07) is -1.16. The van der Waals surface area contributed by atoms with Crippen LogP contribution in [0.4, 0.5) is 0 Å². The number of rotatable bonds is 16. The summed E-state index contributed by atoms with van der Waals surface area (Å²) in [6.45, 7) is 6.48. The molecule has 212 valence electrons.